The lowest BCUT2D eigenvalue weighted by atomic mass is 10.1. The van der Waals surface area contributed by atoms with Gasteiger partial charge in [-0.3, -0.25) is 4.79 Å². The minimum atomic E-state index is -0.141. The lowest BCUT2D eigenvalue weighted by molar-refractivity contribution is 0.0964. The van der Waals surface area contributed by atoms with Crippen molar-refractivity contribution in [1.29, 1.82) is 5.26 Å². The number of nitrogen functional groups attached to an aromatic ring is 1. The molecule has 0 atom stereocenters. The van der Waals surface area contributed by atoms with Gasteiger partial charge in [0, 0.05) is 13.1 Å². The molecule has 27 heavy (non-hydrogen) atoms. The van der Waals surface area contributed by atoms with Gasteiger partial charge in [0.25, 0.3) is 5.91 Å². The van der Waals surface area contributed by atoms with Gasteiger partial charge < -0.3 is 20.9 Å². The van der Waals surface area contributed by atoms with Crippen LogP contribution in [0.3, 0.4) is 0 Å². The molecule has 9 heteroatoms. The van der Waals surface area contributed by atoms with E-state index in [0.717, 1.165) is 29.7 Å². The van der Waals surface area contributed by atoms with Gasteiger partial charge in [-0.25, -0.2) is 15.0 Å². The number of imidazole rings is 1. The van der Waals surface area contributed by atoms with Crippen LogP contribution < -0.4 is 16.4 Å². The minimum absolute atomic E-state index is 0.132. The minimum Gasteiger partial charge on any atom is -0.382 e. The van der Waals surface area contributed by atoms with E-state index in [2.05, 4.69) is 25.2 Å². The van der Waals surface area contributed by atoms with Crippen LogP contribution in [-0.2, 0) is 6.54 Å². The number of fused-ring (bicyclic) bond motifs is 1. The number of para-hydroxylation sites is 1. The van der Waals surface area contributed by atoms with E-state index in [-0.39, 0.29) is 17.3 Å². The zero-order valence-corrected chi connectivity index (χ0v) is 14.7. The summed E-state index contributed by atoms with van der Waals surface area (Å²) < 4.78 is 2.11. The molecule has 136 valence electrons. The van der Waals surface area contributed by atoms with Crippen LogP contribution in [0.2, 0.25) is 0 Å². The summed E-state index contributed by atoms with van der Waals surface area (Å²) in [6.07, 6.45) is 3.40. The number of nitrogens with one attached hydrogen (secondary N) is 2. The molecule has 0 saturated heterocycles. The van der Waals surface area contributed by atoms with Crippen molar-refractivity contribution >= 4 is 28.6 Å². The average Bonchev–Trinajstić information content (AvgIpc) is 3.45. The molecule has 1 fully saturated rings. The number of nitrogens with two attached hydrogens (primary N) is 1. The van der Waals surface area contributed by atoms with Gasteiger partial charge in [0.15, 0.2) is 0 Å². The van der Waals surface area contributed by atoms with E-state index >= 15 is 0 Å². The molecule has 3 aromatic rings. The number of nitrogens with zero attached hydrogens (tertiary/aromatic N) is 5. The third-order valence-electron chi connectivity index (χ3n) is 4.57. The first-order valence-electron chi connectivity index (χ1n) is 8.60. The third kappa shape index (κ3) is 2.91. The second-order valence-electron chi connectivity index (χ2n) is 6.33. The van der Waals surface area contributed by atoms with Crippen LogP contribution in [-0.4, -0.2) is 32.5 Å². The Kier molecular flexibility index (Phi) is 4.08. The summed E-state index contributed by atoms with van der Waals surface area (Å²) in [6.45, 7) is 0.351. The van der Waals surface area contributed by atoms with Crippen molar-refractivity contribution in [2.45, 2.75) is 25.4 Å². The molecule has 2 aromatic heterocycles. The summed E-state index contributed by atoms with van der Waals surface area (Å²) in [5.74, 6) is 1.14. The van der Waals surface area contributed by atoms with Crippen LogP contribution in [0, 0.1) is 11.3 Å². The molecule has 1 aliphatic rings. The van der Waals surface area contributed by atoms with Crippen LogP contribution in [0.15, 0.2) is 24.5 Å². The highest BCUT2D eigenvalue weighted by Crippen LogP contribution is 2.39. The zero-order valence-electron chi connectivity index (χ0n) is 14.7. The largest absolute Gasteiger partial charge is 0.382 e. The summed E-state index contributed by atoms with van der Waals surface area (Å²) in [5, 5.41) is 15.1. The standard InChI is InChI=1S/C18H18N8O/c1-21-18(27)11-3-2-4-13-15(11)26(10-5-6-10)14(25-13)8-22-17-12(7-19)16(20)23-9-24-17/h2-4,9-10H,5-6,8H2,1H3,(H,21,27)(H3,20,22,23,24). The Hall–Kier alpha value is -3.67. The van der Waals surface area contributed by atoms with Gasteiger partial charge in [-0.15, -0.1) is 0 Å². The SMILES string of the molecule is CNC(=O)c1cccc2nc(CNc3ncnc(N)c3C#N)n(C3CC3)c12. The fourth-order valence-corrected chi connectivity index (χ4v) is 3.17. The Bertz CT molecular complexity index is 1080. The Labute approximate surface area is 155 Å². The van der Waals surface area contributed by atoms with E-state index in [1.165, 1.54) is 6.33 Å². The van der Waals surface area contributed by atoms with E-state index in [4.69, 9.17) is 10.7 Å². The highest BCUT2D eigenvalue weighted by atomic mass is 16.1. The molecule has 2 heterocycles. The maximum atomic E-state index is 12.3. The Morgan fingerprint density at radius 2 is 2.22 bits per heavy atom. The van der Waals surface area contributed by atoms with E-state index in [1.807, 2.05) is 18.2 Å². The summed E-state index contributed by atoms with van der Waals surface area (Å²) in [6, 6.07) is 7.86. The van der Waals surface area contributed by atoms with Crippen LogP contribution in [0.25, 0.3) is 11.0 Å². The van der Waals surface area contributed by atoms with Crippen LogP contribution in [0.4, 0.5) is 11.6 Å². The topological polar surface area (TPSA) is 135 Å². The molecule has 1 aliphatic carbocycles. The van der Waals surface area contributed by atoms with Crippen molar-refractivity contribution < 1.29 is 4.79 Å². The summed E-state index contributed by atoms with van der Waals surface area (Å²) in [4.78, 5) is 24.9. The molecule has 9 nitrogen and oxygen atoms in total. The average molecular weight is 362 g/mol. The molecular formula is C18H18N8O. The summed E-state index contributed by atoms with van der Waals surface area (Å²) >= 11 is 0. The first-order valence-corrected chi connectivity index (χ1v) is 8.60. The van der Waals surface area contributed by atoms with Gasteiger partial charge in [-0.2, -0.15) is 5.26 Å². The highest BCUT2D eigenvalue weighted by Gasteiger charge is 2.30. The normalized spacial score (nSPS) is 13.3. The number of hydrogen-bond acceptors (Lipinski definition) is 7. The van der Waals surface area contributed by atoms with E-state index < -0.39 is 0 Å². The fourth-order valence-electron chi connectivity index (χ4n) is 3.17. The maximum Gasteiger partial charge on any atom is 0.253 e. The van der Waals surface area contributed by atoms with Crippen molar-refractivity contribution in [3.05, 3.63) is 41.5 Å². The number of rotatable bonds is 5. The molecule has 1 aromatic carbocycles. The quantitative estimate of drug-likeness (QED) is 0.627. The molecule has 1 saturated carbocycles. The number of carbonyl (C=O) groups excluding carboxylic acids is 1. The van der Waals surface area contributed by atoms with Crippen LogP contribution >= 0.6 is 0 Å². The Morgan fingerprint density at radius 1 is 1.41 bits per heavy atom. The predicted octanol–water partition coefficient (Wildman–Crippen LogP) is 1.59. The second-order valence-corrected chi connectivity index (χ2v) is 6.33. The number of carbonyl (C=O) groups is 1. The Balaban J connectivity index is 1.75. The van der Waals surface area contributed by atoms with Crippen LogP contribution in [0.1, 0.15) is 40.6 Å². The molecular weight excluding hydrogens is 344 g/mol. The molecule has 4 rings (SSSR count). The lowest BCUT2D eigenvalue weighted by Gasteiger charge is -2.12. The molecule has 0 radical (unpaired) electrons. The maximum absolute atomic E-state index is 12.3. The summed E-state index contributed by atoms with van der Waals surface area (Å²) in [5.41, 5.74) is 8.15. The molecule has 0 spiro atoms. The molecule has 0 bridgehead atoms. The van der Waals surface area contributed by atoms with Crippen molar-refractivity contribution in [3.8, 4) is 6.07 Å². The third-order valence-corrected chi connectivity index (χ3v) is 4.57. The lowest BCUT2D eigenvalue weighted by Crippen LogP contribution is -2.19. The molecule has 0 aliphatic heterocycles. The van der Waals surface area contributed by atoms with E-state index in [0.29, 0.717) is 24.0 Å². The number of anilines is 2. The first-order chi connectivity index (χ1) is 13.1. The highest BCUT2D eigenvalue weighted by molar-refractivity contribution is 6.05. The summed E-state index contributed by atoms with van der Waals surface area (Å²) in [7, 11) is 1.62. The number of aromatic nitrogens is 4. The monoisotopic (exact) mass is 362 g/mol. The molecule has 4 N–H and O–H groups in total. The predicted molar refractivity (Wildman–Crippen MR) is 99.9 cm³/mol. The van der Waals surface area contributed by atoms with Gasteiger partial charge in [0.1, 0.15) is 35.4 Å². The molecule has 1 amide bonds. The van der Waals surface area contributed by atoms with E-state index in [9.17, 15) is 10.1 Å². The number of benzene rings is 1. The van der Waals surface area contributed by atoms with Crippen molar-refractivity contribution in [2.24, 2.45) is 0 Å². The van der Waals surface area contributed by atoms with Crippen LogP contribution in [0.5, 0.6) is 0 Å². The number of nitriles is 1. The number of hydrogen-bond donors (Lipinski definition) is 3. The first kappa shape index (κ1) is 16.8. The smallest absolute Gasteiger partial charge is 0.253 e. The van der Waals surface area contributed by atoms with Crippen molar-refractivity contribution in [2.75, 3.05) is 18.1 Å². The van der Waals surface area contributed by atoms with Crippen molar-refractivity contribution in [1.82, 2.24) is 24.8 Å². The second kappa shape index (κ2) is 6.57. The Morgan fingerprint density at radius 3 is 2.93 bits per heavy atom. The molecule has 0 unspecified atom stereocenters. The van der Waals surface area contributed by atoms with Gasteiger partial charge in [-0.05, 0) is 25.0 Å². The fraction of sp³-hybridized carbons (Fsp3) is 0.278. The van der Waals surface area contributed by atoms with Gasteiger partial charge in [0.05, 0.1) is 23.1 Å². The van der Waals surface area contributed by atoms with Gasteiger partial charge in [0.2, 0.25) is 0 Å². The van der Waals surface area contributed by atoms with E-state index in [1.54, 1.807) is 13.1 Å². The number of amides is 1. The van der Waals surface area contributed by atoms with Gasteiger partial charge in [-0.1, -0.05) is 6.07 Å². The van der Waals surface area contributed by atoms with Gasteiger partial charge >= 0.3 is 0 Å². The zero-order chi connectivity index (χ0) is 19.0. The van der Waals surface area contributed by atoms with Crippen molar-refractivity contribution in [3.63, 3.8) is 0 Å².